The van der Waals surface area contributed by atoms with Crippen molar-refractivity contribution in [3.63, 3.8) is 0 Å². The predicted molar refractivity (Wildman–Crippen MR) is 43.7 cm³/mol. The monoisotopic (exact) mass is 225 g/mol. The second-order valence-electron chi connectivity index (χ2n) is 2.18. The summed E-state index contributed by atoms with van der Waals surface area (Å²) in [6, 6.07) is 0. The molecule has 0 bridgehead atoms. The number of aromatic amines is 1. The van der Waals surface area contributed by atoms with Crippen LogP contribution in [-0.2, 0) is 14.8 Å². The molecule has 0 aliphatic rings. The average Bonchev–Trinajstić information content (AvgIpc) is 2.31. The quantitative estimate of drug-likeness (QED) is 0.455. The van der Waals surface area contributed by atoms with Crippen LogP contribution in [0.1, 0.15) is 5.56 Å². The standard InChI is InChI=1S/C4H4ClN3O4S/c5-13(11,12)2-3-1-6-7-4(3)8(9)10/h1H,2H2,(H,6,7). The molecule has 0 unspecified atom stereocenters. The third kappa shape index (κ3) is 2.67. The lowest BCUT2D eigenvalue weighted by Gasteiger charge is -1.93. The highest BCUT2D eigenvalue weighted by atomic mass is 35.7. The van der Waals surface area contributed by atoms with Gasteiger partial charge in [-0.05, 0) is 4.92 Å². The first-order chi connectivity index (χ1) is 5.90. The molecule has 13 heavy (non-hydrogen) atoms. The number of nitrogens with one attached hydrogen (secondary N) is 1. The van der Waals surface area contributed by atoms with Crippen molar-refractivity contribution < 1.29 is 13.3 Å². The van der Waals surface area contributed by atoms with E-state index in [1.165, 1.54) is 0 Å². The van der Waals surface area contributed by atoms with E-state index in [-0.39, 0.29) is 5.56 Å². The van der Waals surface area contributed by atoms with E-state index in [1.807, 2.05) is 0 Å². The smallest absolute Gasteiger partial charge is 0.346 e. The minimum atomic E-state index is -3.80. The van der Waals surface area contributed by atoms with Crippen LogP contribution in [0, 0.1) is 10.1 Å². The van der Waals surface area contributed by atoms with Crippen LogP contribution in [0.15, 0.2) is 6.20 Å². The summed E-state index contributed by atoms with van der Waals surface area (Å²) in [5.41, 5.74) is -0.0556. The summed E-state index contributed by atoms with van der Waals surface area (Å²) < 4.78 is 21.1. The highest BCUT2D eigenvalue weighted by Gasteiger charge is 2.19. The zero-order valence-electron chi connectivity index (χ0n) is 6.10. The first-order valence-corrected chi connectivity index (χ1v) is 5.47. The molecule has 0 aliphatic heterocycles. The predicted octanol–water partition coefficient (Wildman–Crippen LogP) is 0.386. The second kappa shape index (κ2) is 3.30. The van der Waals surface area contributed by atoms with Crippen LogP contribution in [0.5, 0.6) is 0 Å². The number of hydrogen-bond donors (Lipinski definition) is 1. The summed E-state index contributed by atoms with van der Waals surface area (Å²) in [7, 11) is 1.11. The number of H-pyrrole nitrogens is 1. The molecule has 0 atom stereocenters. The summed E-state index contributed by atoms with van der Waals surface area (Å²) in [4.78, 5) is 9.51. The van der Waals surface area contributed by atoms with Gasteiger partial charge in [0.05, 0.1) is 17.5 Å². The van der Waals surface area contributed by atoms with Crippen molar-refractivity contribution in [2.45, 2.75) is 5.75 Å². The molecule has 0 spiro atoms. The van der Waals surface area contributed by atoms with Gasteiger partial charge in [0, 0.05) is 10.7 Å². The van der Waals surface area contributed by atoms with Crippen LogP contribution in [0.4, 0.5) is 5.82 Å². The van der Waals surface area contributed by atoms with E-state index >= 15 is 0 Å². The Bertz CT molecular complexity index is 424. The molecule has 0 amide bonds. The molecular weight excluding hydrogens is 222 g/mol. The third-order valence-electron chi connectivity index (χ3n) is 1.21. The summed E-state index contributed by atoms with van der Waals surface area (Å²) in [5, 5.41) is 15.7. The summed E-state index contributed by atoms with van der Waals surface area (Å²) >= 11 is 0. The van der Waals surface area contributed by atoms with Crippen LogP contribution >= 0.6 is 10.7 Å². The molecular formula is C4H4ClN3O4S. The molecule has 1 rings (SSSR count). The first-order valence-electron chi connectivity index (χ1n) is 2.99. The van der Waals surface area contributed by atoms with E-state index in [0.717, 1.165) is 6.20 Å². The Balaban J connectivity index is 3.02. The number of halogens is 1. The highest BCUT2D eigenvalue weighted by molar-refractivity contribution is 8.13. The van der Waals surface area contributed by atoms with E-state index in [0.29, 0.717) is 0 Å². The van der Waals surface area contributed by atoms with E-state index in [9.17, 15) is 18.5 Å². The largest absolute Gasteiger partial charge is 0.358 e. The fraction of sp³-hybridized carbons (Fsp3) is 0.250. The van der Waals surface area contributed by atoms with Crippen molar-refractivity contribution in [2.75, 3.05) is 0 Å². The van der Waals surface area contributed by atoms with Crippen LogP contribution in [0.2, 0.25) is 0 Å². The molecule has 7 nitrogen and oxygen atoms in total. The number of aromatic nitrogens is 2. The molecule has 1 heterocycles. The van der Waals surface area contributed by atoms with E-state index in [1.54, 1.807) is 0 Å². The number of hydrogen-bond acceptors (Lipinski definition) is 5. The topological polar surface area (TPSA) is 106 Å². The number of rotatable bonds is 3. The molecule has 1 aromatic heterocycles. The molecule has 1 aromatic rings. The van der Waals surface area contributed by atoms with Gasteiger partial charge in [-0.2, -0.15) is 0 Å². The summed E-state index contributed by atoms with van der Waals surface area (Å²) in [6.45, 7) is 0. The van der Waals surface area contributed by atoms with Gasteiger partial charge in [0.25, 0.3) is 0 Å². The maximum atomic E-state index is 10.6. The minimum absolute atomic E-state index is 0.0556. The lowest BCUT2D eigenvalue weighted by Crippen LogP contribution is -1.98. The molecule has 9 heteroatoms. The van der Waals surface area contributed by atoms with E-state index in [4.69, 9.17) is 10.7 Å². The Morgan fingerprint density at radius 3 is 2.77 bits per heavy atom. The van der Waals surface area contributed by atoms with E-state index in [2.05, 4.69) is 10.2 Å². The van der Waals surface area contributed by atoms with Crippen molar-refractivity contribution in [3.8, 4) is 0 Å². The lowest BCUT2D eigenvalue weighted by molar-refractivity contribution is -0.390. The molecule has 72 valence electrons. The Morgan fingerprint density at radius 2 is 2.31 bits per heavy atom. The Kier molecular flexibility index (Phi) is 2.52. The van der Waals surface area contributed by atoms with Gasteiger partial charge in [-0.25, -0.2) is 8.42 Å². The summed E-state index contributed by atoms with van der Waals surface area (Å²) in [5.74, 6) is -1.06. The van der Waals surface area contributed by atoms with E-state index < -0.39 is 25.5 Å². The van der Waals surface area contributed by atoms with Gasteiger partial charge in [-0.15, -0.1) is 5.10 Å². The zero-order chi connectivity index (χ0) is 10.1. The number of nitro groups is 1. The van der Waals surface area contributed by atoms with Crippen LogP contribution in [0.25, 0.3) is 0 Å². The third-order valence-corrected chi connectivity index (χ3v) is 2.19. The molecule has 0 fully saturated rings. The van der Waals surface area contributed by atoms with Crippen LogP contribution < -0.4 is 0 Å². The fourth-order valence-corrected chi connectivity index (χ4v) is 1.69. The van der Waals surface area contributed by atoms with Crippen LogP contribution in [0.3, 0.4) is 0 Å². The maximum Gasteiger partial charge on any atom is 0.346 e. The van der Waals surface area contributed by atoms with Gasteiger partial charge >= 0.3 is 5.82 Å². The Hall–Kier alpha value is -1.15. The fourth-order valence-electron chi connectivity index (χ4n) is 0.754. The van der Waals surface area contributed by atoms with Gasteiger partial charge in [-0.1, -0.05) is 5.10 Å². The molecule has 0 aromatic carbocycles. The summed E-state index contributed by atoms with van der Waals surface area (Å²) in [6.07, 6.45) is 1.05. The molecule has 0 saturated heterocycles. The van der Waals surface area contributed by atoms with Crippen molar-refractivity contribution in [1.82, 2.24) is 10.2 Å². The van der Waals surface area contributed by atoms with Gasteiger partial charge in [0.15, 0.2) is 0 Å². The molecule has 0 radical (unpaired) electrons. The second-order valence-corrected chi connectivity index (χ2v) is 4.96. The molecule has 0 saturated carbocycles. The SMILES string of the molecule is O=[N+]([O-])c1[nH]ncc1CS(=O)(=O)Cl. The lowest BCUT2D eigenvalue weighted by atomic mass is 10.4. The van der Waals surface area contributed by atoms with Gasteiger partial charge in [0.2, 0.25) is 9.05 Å². The Labute approximate surface area is 77.3 Å². The number of nitrogens with zero attached hydrogens (tertiary/aromatic N) is 2. The van der Waals surface area contributed by atoms with Gasteiger partial charge < -0.3 is 10.1 Å². The van der Waals surface area contributed by atoms with Crippen molar-refractivity contribution >= 4 is 25.6 Å². The highest BCUT2D eigenvalue weighted by Crippen LogP contribution is 2.18. The normalized spacial score (nSPS) is 11.5. The van der Waals surface area contributed by atoms with Crippen molar-refractivity contribution in [2.24, 2.45) is 0 Å². The maximum absolute atomic E-state index is 10.6. The van der Waals surface area contributed by atoms with Crippen molar-refractivity contribution in [1.29, 1.82) is 0 Å². The minimum Gasteiger partial charge on any atom is -0.358 e. The zero-order valence-corrected chi connectivity index (χ0v) is 7.67. The molecule has 1 N–H and O–H groups in total. The van der Waals surface area contributed by atoms with Crippen LogP contribution in [-0.4, -0.2) is 23.5 Å². The average molecular weight is 226 g/mol. The van der Waals surface area contributed by atoms with Gasteiger partial charge in [0.1, 0.15) is 0 Å². The van der Waals surface area contributed by atoms with Crippen molar-refractivity contribution in [3.05, 3.63) is 21.9 Å². The van der Waals surface area contributed by atoms with Gasteiger partial charge in [-0.3, -0.25) is 0 Å². The molecule has 0 aliphatic carbocycles. The Morgan fingerprint density at radius 1 is 1.69 bits per heavy atom. The first kappa shape index (κ1) is 9.93.